The molecule has 0 spiro atoms. The van der Waals surface area contributed by atoms with Gasteiger partial charge in [-0.2, -0.15) is 0 Å². The minimum atomic E-state index is -0.330. The highest BCUT2D eigenvalue weighted by atomic mass is 32.1. The first-order chi connectivity index (χ1) is 10.7. The standard InChI is InChI=1S/C15H15FN4OS/c1-2-3-4-13-19-20-15(22-13)18-14(21)12-8-9-7-10(16)5-6-11(9)17-12/h5-8,17H,2-4H2,1H3,(H,18,20,21). The van der Waals surface area contributed by atoms with Gasteiger partial charge in [0.25, 0.3) is 5.91 Å². The maximum absolute atomic E-state index is 13.2. The average Bonchev–Trinajstić information content (AvgIpc) is 3.11. The van der Waals surface area contributed by atoms with Crippen LogP contribution < -0.4 is 5.32 Å². The van der Waals surface area contributed by atoms with Crippen molar-refractivity contribution in [3.8, 4) is 0 Å². The number of halogens is 1. The van der Waals surface area contributed by atoms with E-state index in [0.29, 0.717) is 21.7 Å². The van der Waals surface area contributed by atoms with Gasteiger partial charge in [0.1, 0.15) is 16.5 Å². The van der Waals surface area contributed by atoms with Gasteiger partial charge in [0.2, 0.25) is 5.13 Å². The molecule has 2 aromatic heterocycles. The van der Waals surface area contributed by atoms with Crippen molar-refractivity contribution in [2.24, 2.45) is 0 Å². The van der Waals surface area contributed by atoms with E-state index < -0.39 is 0 Å². The summed E-state index contributed by atoms with van der Waals surface area (Å²) in [5, 5.41) is 12.8. The molecule has 22 heavy (non-hydrogen) atoms. The zero-order chi connectivity index (χ0) is 15.5. The largest absolute Gasteiger partial charge is 0.351 e. The van der Waals surface area contributed by atoms with E-state index in [1.807, 2.05) is 0 Å². The summed E-state index contributed by atoms with van der Waals surface area (Å²) in [6.45, 7) is 2.11. The molecule has 0 saturated heterocycles. The molecule has 3 aromatic rings. The zero-order valence-electron chi connectivity index (χ0n) is 12.0. The second-order valence-electron chi connectivity index (χ2n) is 4.97. The summed E-state index contributed by atoms with van der Waals surface area (Å²) < 4.78 is 13.2. The van der Waals surface area contributed by atoms with Gasteiger partial charge < -0.3 is 4.98 Å². The zero-order valence-corrected chi connectivity index (χ0v) is 12.8. The first kappa shape index (κ1) is 14.6. The van der Waals surface area contributed by atoms with Crippen LogP contribution in [0, 0.1) is 5.82 Å². The number of rotatable bonds is 5. The number of fused-ring (bicyclic) bond motifs is 1. The van der Waals surface area contributed by atoms with E-state index in [1.54, 1.807) is 12.1 Å². The highest BCUT2D eigenvalue weighted by Crippen LogP contribution is 2.20. The molecule has 0 aliphatic carbocycles. The molecular weight excluding hydrogens is 303 g/mol. The molecule has 0 bridgehead atoms. The van der Waals surface area contributed by atoms with Crippen LogP contribution in [0.2, 0.25) is 0 Å². The Kier molecular flexibility index (Phi) is 4.15. The molecule has 1 amide bonds. The van der Waals surface area contributed by atoms with Gasteiger partial charge in [-0.15, -0.1) is 10.2 Å². The molecule has 2 N–H and O–H groups in total. The number of aromatic amines is 1. The number of hydrogen-bond donors (Lipinski definition) is 2. The maximum Gasteiger partial charge on any atom is 0.273 e. The van der Waals surface area contributed by atoms with Crippen molar-refractivity contribution < 1.29 is 9.18 Å². The number of benzene rings is 1. The van der Waals surface area contributed by atoms with E-state index in [1.165, 1.54) is 23.5 Å². The molecule has 114 valence electrons. The van der Waals surface area contributed by atoms with Crippen molar-refractivity contribution in [1.29, 1.82) is 0 Å². The first-order valence-electron chi connectivity index (χ1n) is 7.07. The van der Waals surface area contributed by atoms with E-state index in [4.69, 9.17) is 0 Å². The number of hydrogen-bond acceptors (Lipinski definition) is 4. The summed E-state index contributed by atoms with van der Waals surface area (Å²) in [6.07, 6.45) is 3.01. The lowest BCUT2D eigenvalue weighted by Gasteiger charge is -1.97. The Morgan fingerprint density at radius 1 is 1.36 bits per heavy atom. The number of aromatic nitrogens is 3. The van der Waals surface area contributed by atoms with Crippen LogP contribution in [0.25, 0.3) is 10.9 Å². The van der Waals surface area contributed by atoms with E-state index in [9.17, 15) is 9.18 Å². The van der Waals surface area contributed by atoms with Gasteiger partial charge in [-0.25, -0.2) is 4.39 Å². The summed E-state index contributed by atoms with van der Waals surface area (Å²) in [5.74, 6) is -0.641. The lowest BCUT2D eigenvalue weighted by atomic mass is 10.2. The first-order valence-corrected chi connectivity index (χ1v) is 7.89. The van der Waals surface area contributed by atoms with Gasteiger partial charge in [0, 0.05) is 17.3 Å². The Morgan fingerprint density at radius 2 is 2.23 bits per heavy atom. The van der Waals surface area contributed by atoms with Crippen molar-refractivity contribution in [1.82, 2.24) is 15.2 Å². The van der Waals surface area contributed by atoms with Crippen LogP contribution in [0.15, 0.2) is 24.3 Å². The number of carbonyl (C=O) groups is 1. The van der Waals surface area contributed by atoms with Crippen molar-refractivity contribution in [3.05, 3.63) is 40.8 Å². The third kappa shape index (κ3) is 3.14. The molecule has 5 nitrogen and oxygen atoms in total. The van der Waals surface area contributed by atoms with Crippen molar-refractivity contribution in [2.45, 2.75) is 26.2 Å². The van der Waals surface area contributed by atoms with Gasteiger partial charge in [-0.1, -0.05) is 24.7 Å². The predicted molar refractivity (Wildman–Crippen MR) is 84.7 cm³/mol. The fraction of sp³-hybridized carbons (Fsp3) is 0.267. The molecule has 2 heterocycles. The Labute approximate surface area is 130 Å². The Hall–Kier alpha value is -2.28. The van der Waals surface area contributed by atoms with Gasteiger partial charge in [-0.05, 0) is 30.7 Å². The molecule has 0 unspecified atom stereocenters. The van der Waals surface area contributed by atoms with Crippen LogP contribution in [0.5, 0.6) is 0 Å². The van der Waals surface area contributed by atoms with E-state index >= 15 is 0 Å². The van der Waals surface area contributed by atoms with Crippen LogP contribution in [0.3, 0.4) is 0 Å². The number of unbranched alkanes of at least 4 members (excludes halogenated alkanes) is 1. The van der Waals surface area contributed by atoms with E-state index in [0.717, 1.165) is 24.3 Å². The van der Waals surface area contributed by atoms with Crippen molar-refractivity contribution >= 4 is 33.3 Å². The number of H-pyrrole nitrogens is 1. The number of nitrogens with zero attached hydrogens (tertiary/aromatic N) is 2. The fourth-order valence-corrected chi connectivity index (χ4v) is 2.90. The minimum Gasteiger partial charge on any atom is -0.351 e. The van der Waals surface area contributed by atoms with Gasteiger partial charge in [0.05, 0.1) is 0 Å². The summed E-state index contributed by atoms with van der Waals surface area (Å²) in [7, 11) is 0. The summed E-state index contributed by atoms with van der Waals surface area (Å²) in [5.41, 5.74) is 1.08. The van der Waals surface area contributed by atoms with E-state index in [2.05, 4.69) is 27.4 Å². The summed E-state index contributed by atoms with van der Waals surface area (Å²) in [4.78, 5) is 15.2. The lowest BCUT2D eigenvalue weighted by molar-refractivity contribution is 0.102. The Morgan fingerprint density at radius 3 is 3.05 bits per heavy atom. The van der Waals surface area contributed by atoms with Crippen LogP contribution >= 0.6 is 11.3 Å². The average molecular weight is 318 g/mol. The molecule has 3 rings (SSSR count). The van der Waals surface area contributed by atoms with E-state index in [-0.39, 0.29) is 11.7 Å². The maximum atomic E-state index is 13.2. The Bertz CT molecular complexity index is 811. The molecule has 0 radical (unpaired) electrons. The molecule has 7 heteroatoms. The third-order valence-electron chi connectivity index (χ3n) is 3.26. The minimum absolute atomic E-state index is 0.310. The number of carbonyl (C=O) groups excluding carboxylic acids is 1. The summed E-state index contributed by atoms with van der Waals surface area (Å²) >= 11 is 1.38. The monoisotopic (exact) mass is 318 g/mol. The molecule has 0 saturated carbocycles. The second-order valence-corrected chi connectivity index (χ2v) is 6.04. The smallest absolute Gasteiger partial charge is 0.273 e. The molecule has 1 aromatic carbocycles. The van der Waals surface area contributed by atoms with Crippen LogP contribution in [-0.2, 0) is 6.42 Å². The van der Waals surface area contributed by atoms with Crippen LogP contribution in [0.1, 0.15) is 35.3 Å². The number of aryl methyl sites for hydroxylation is 1. The van der Waals surface area contributed by atoms with Gasteiger partial charge in [-0.3, -0.25) is 10.1 Å². The highest BCUT2D eigenvalue weighted by Gasteiger charge is 2.13. The summed E-state index contributed by atoms with van der Waals surface area (Å²) in [6, 6.07) is 5.96. The number of amides is 1. The number of anilines is 1. The predicted octanol–water partition coefficient (Wildman–Crippen LogP) is 3.75. The van der Waals surface area contributed by atoms with Crippen molar-refractivity contribution in [3.63, 3.8) is 0 Å². The highest BCUT2D eigenvalue weighted by molar-refractivity contribution is 7.15. The Balaban J connectivity index is 1.73. The molecule has 0 fully saturated rings. The SMILES string of the molecule is CCCCc1nnc(NC(=O)c2cc3cc(F)ccc3[nH]2)s1. The quantitative estimate of drug-likeness (QED) is 0.752. The molecule has 0 aliphatic rings. The van der Waals surface area contributed by atoms with Crippen LogP contribution in [0.4, 0.5) is 9.52 Å². The third-order valence-corrected chi connectivity index (χ3v) is 4.16. The number of nitrogens with one attached hydrogen (secondary N) is 2. The lowest BCUT2D eigenvalue weighted by Crippen LogP contribution is -2.11. The second kappa shape index (κ2) is 6.23. The topological polar surface area (TPSA) is 70.7 Å². The molecule has 0 aliphatic heterocycles. The van der Waals surface area contributed by atoms with Gasteiger partial charge in [0.15, 0.2) is 0 Å². The molecular formula is C15H15FN4OS. The fourth-order valence-electron chi connectivity index (χ4n) is 2.12. The van der Waals surface area contributed by atoms with Gasteiger partial charge >= 0.3 is 0 Å². The molecule has 0 atom stereocenters. The van der Waals surface area contributed by atoms with Crippen molar-refractivity contribution in [2.75, 3.05) is 5.32 Å². The van der Waals surface area contributed by atoms with Crippen LogP contribution in [-0.4, -0.2) is 21.1 Å². The normalized spacial score (nSPS) is 11.0.